The second-order valence-corrected chi connectivity index (χ2v) is 7.46. The first kappa shape index (κ1) is 21.7. The highest BCUT2D eigenvalue weighted by Gasteiger charge is 2.26. The van der Waals surface area contributed by atoms with E-state index < -0.39 is 11.9 Å². The lowest BCUT2D eigenvalue weighted by molar-refractivity contribution is -0.144. The van der Waals surface area contributed by atoms with Gasteiger partial charge in [-0.1, -0.05) is 12.1 Å². The molecule has 8 nitrogen and oxygen atoms in total. The van der Waals surface area contributed by atoms with Gasteiger partial charge in [0.25, 0.3) is 0 Å². The van der Waals surface area contributed by atoms with Crippen LogP contribution < -0.4 is 10.1 Å². The van der Waals surface area contributed by atoms with Gasteiger partial charge >= 0.3 is 5.97 Å². The number of anilines is 1. The zero-order valence-corrected chi connectivity index (χ0v) is 17.2. The number of amides is 1. The maximum atomic E-state index is 12.4. The molecule has 1 aromatic carbocycles. The van der Waals surface area contributed by atoms with Crippen LogP contribution in [0.2, 0.25) is 0 Å². The molecule has 2 aromatic rings. The number of carbonyl (C=O) groups excluding carboxylic acids is 1. The van der Waals surface area contributed by atoms with Crippen LogP contribution in [-0.4, -0.2) is 71.6 Å². The summed E-state index contributed by atoms with van der Waals surface area (Å²) in [6.45, 7) is 4.48. The van der Waals surface area contributed by atoms with Crippen molar-refractivity contribution in [1.82, 2.24) is 14.8 Å². The second-order valence-electron chi connectivity index (χ2n) is 7.46. The molecule has 0 bridgehead atoms. The third kappa shape index (κ3) is 6.53. The van der Waals surface area contributed by atoms with Gasteiger partial charge in [-0.05, 0) is 23.8 Å². The van der Waals surface area contributed by atoms with Gasteiger partial charge in [-0.3, -0.25) is 24.4 Å². The van der Waals surface area contributed by atoms with Crippen molar-refractivity contribution in [3.05, 3.63) is 54.4 Å². The summed E-state index contributed by atoms with van der Waals surface area (Å²) in [7, 11) is 1.55. The molecule has 1 amide bonds. The Labute approximate surface area is 176 Å². The molecule has 2 heterocycles. The number of nitrogens with zero attached hydrogens (tertiary/aromatic N) is 3. The van der Waals surface area contributed by atoms with Gasteiger partial charge in [-0.2, -0.15) is 0 Å². The number of carbonyl (C=O) groups is 2. The molecule has 1 aromatic heterocycles. The number of ether oxygens (including phenoxy) is 1. The van der Waals surface area contributed by atoms with Gasteiger partial charge in [-0.25, -0.2) is 0 Å². The van der Waals surface area contributed by atoms with E-state index in [1.807, 2.05) is 12.3 Å². The Morgan fingerprint density at radius 3 is 2.60 bits per heavy atom. The van der Waals surface area contributed by atoms with E-state index in [2.05, 4.69) is 26.2 Å². The van der Waals surface area contributed by atoms with Crippen molar-refractivity contribution in [2.45, 2.75) is 13.0 Å². The second kappa shape index (κ2) is 10.7. The molecule has 1 atom stereocenters. The van der Waals surface area contributed by atoms with Gasteiger partial charge in [0, 0.05) is 69.8 Å². The highest BCUT2D eigenvalue weighted by molar-refractivity contribution is 5.93. The van der Waals surface area contributed by atoms with Crippen LogP contribution >= 0.6 is 0 Å². The molecule has 3 rings (SSSR count). The lowest BCUT2D eigenvalue weighted by Crippen LogP contribution is -2.48. The molecule has 1 saturated heterocycles. The average Bonchev–Trinajstić information content (AvgIpc) is 2.75. The fourth-order valence-electron chi connectivity index (χ4n) is 3.56. The molecule has 0 spiro atoms. The van der Waals surface area contributed by atoms with Gasteiger partial charge in [-0.15, -0.1) is 0 Å². The number of aliphatic carboxylic acids is 1. The maximum absolute atomic E-state index is 12.4. The van der Waals surface area contributed by atoms with E-state index in [0.717, 1.165) is 32.7 Å². The Balaban J connectivity index is 1.47. The first-order valence-electron chi connectivity index (χ1n) is 10.0. The number of carboxylic acid groups (broad SMARTS) is 1. The standard InChI is InChI=1S/C22H28N4O4/c1-30-20-6-2-5-19(13-20)24-21(27)12-18(22(28)29)16-26-10-8-25(9-11-26)15-17-4-3-7-23-14-17/h2-7,13-14,18H,8-12,15-16H2,1H3,(H,24,27)(H,28,29). The number of hydrogen-bond donors (Lipinski definition) is 2. The van der Waals surface area contributed by atoms with Crippen LogP contribution in [0.25, 0.3) is 0 Å². The number of benzene rings is 1. The number of nitrogens with one attached hydrogen (secondary N) is 1. The Kier molecular flexibility index (Phi) is 7.75. The van der Waals surface area contributed by atoms with Crippen LogP contribution in [0.3, 0.4) is 0 Å². The number of methoxy groups -OCH3 is 1. The summed E-state index contributed by atoms with van der Waals surface area (Å²) in [5.74, 6) is -1.38. The van der Waals surface area contributed by atoms with Crippen molar-refractivity contribution in [2.24, 2.45) is 5.92 Å². The Hall–Kier alpha value is -2.97. The van der Waals surface area contributed by atoms with E-state index >= 15 is 0 Å². The van der Waals surface area contributed by atoms with Gasteiger partial charge in [0.1, 0.15) is 5.75 Å². The van der Waals surface area contributed by atoms with Gasteiger partial charge in [0.15, 0.2) is 0 Å². The zero-order valence-electron chi connectivity index (χ0n) is 17.2. The number of pyridine rings is 1. The highest BCUT2D eigenvalue weighted by Crippen LogP contribution is 2.18. The SMILES string of the molecule is COc1cccc(NC(=O)CC(CN2CCN(Cc3cccnc3)CC2)C(=O)O)c1. The third-order valence-electron chi connectivity index (χ3n) is 5.21. The Morgan fingerprint density at radius 1 is 1.17 bits per heavy atom. The first-order chi connectivity index (χ1) is 14.5. The summed E-state index contributed by atoms with van der Waals surface area (Å²) >= 11 is 0. The van der Waals surface area contributed by atoms with Gasteiger partial charge in [0.2, 0.25) is 5.91 Å². The normalized spacial score (nSPS) is 16.0. The lowest BCUT2D eigenvalue weighted by atomic mass is 10.0. The number of aromatic nitrogens is 1. The van der Waals surface area contributed by atoms with E-state index in [1.165, 1.54) is 5.56 Å². The van der Waals surface area contributed by atoms with Gasteiger partial charge < -0.3 is 15.2 Å². The summed E-state index contributed by atoms with van der Waals surface area (Å²) in [6.07, 6.45) is 3.56. The molecule has 0 radical (unpaired) electrons. The van der Waals surface area contributed by atoms with Crippen molar-refractivity contribution in [3.63, 3.8) is 0 Å². The summed E-state index contributed by atoms with van der Waals surface area (Å²) in [4.78, 5) is 32.7. The zero-order chi connectivity index (χ0) is 21.3. The summed E-state index contributed by atoms with van der Waals surface area (Å²) in [5.41, 5.74) is 1.76. The summed E-state index contributed by atoms with van der Waals surface area (Å²) in [6, 6.07) is 11.0. The highest BCUT2D eigenvalue weighted by atomic mass is 16.5. The maximum Gasteiger partial charge on any atom is 0.308 e. The first-order valence-corrected chi connectivity index (χ1v) is 10.0. The predicted molar refractivity (Wildman–Crippen MR) is 113 cm³/mol. The Morgan fingerprint density at radius 2 is 1.93 bits per heavy atom. The number of piperazine rings is 1. The van der Waals surface area contributed by atoms with E-state index in [9.17, 15) is 14.7 Å². The fourth-order valence-corrected chi connectivity index (χ4v) is 3.56. The van der Waals surface area contributed by atoms with Crippen LogP contribution in [0.4, 0.5) is 5.69 Å². The van der Waals surface area contributed by atoms with Crippen molar-refractivity contribution in [2.75, 3.05) is 45.2 Å². The average molecular weight is 412 g/mol. The van der Waals surface area contributed by atoms with E-state index in [1.54, 1.807) is 37.6 Å². The quantitative estimate of drug-likeness (QED) is 0.650. The predicted octanol–water partition coefficient (Wildman–Crippen LogP) is 1.94. The minimum absolute atomic E-state index is 0.0670. The van der Waals surface area contributed by atoms with E-state index in [0.29, 0.717) is 18.0 Å². The minimum Gasteiger partial charge on any atom is -0.497 e. The number of hydrogen-bond acceptors (Lipinski definition) is 6. The molecule has 0 aliphatic carbocycles. The molecule has 0 saturated carbocycles. The van der Waals surface area contributed by atoms with E-state index in [4.69, 9.17) is 4.74 Å². The number of carboxylic acids is 1. The smallest absolute Gasteiger partial charge is 0.308 e. The molecule has 1 fully saturated rings. The van der Waals surface area contributed by atoms with Crippen molar-refractivity contribution < 1.29 is 19.4 Å². The van der Waals surface area contributed by atoms with Crippen LogP contribution in [0.5, 0.6) is 5.75 Å². The third-order valence-corrected chi connectivity index (χ3v) is 5.21. The molecule has 160 valence electrons. The minimum atomic E-state index is -0.950. The lowest BCUT2D eigenvalue weighted by Gasteiger charge is -2.35. The molecule has 1 unspecified atom stereocenters. The van der Waals surface area contributed by atoms with Gasteiger partial charge in [0.05, 0.1) is 13.0 Å². The van der Waals surface area contributed by atoms with Crippen LogP contribution in [-0.2, 0) is 16.1 Å². The molecule has 1 aliphatic heterocycles. The summed E-state index contributed by atoms with van der Waals surface area (Å²) in [5, 5.41) is 12.4. The molecule has 30 heavy (non-hydrogen) atoms. The van der Waals surface area contributed by atoms with Crippen LogP contribution in [0.1, 0.15) is 12.0 Å². The van der Waals surface area contributed by atoms with Crippen molar-refractivity contribution in [1.29, 1.82) is 0 Å². The summed E-state index contributed by atoms with van der Waals surface area (Å²) < 4.78 is 5.14. The largest absolute Gasteiger partial charge is 0.497 e. The van der Waals surface area contributed by atoms with Crippen molar-refractivity contribution >= 4 is 17.6 Å². The topological polar surface area (TPSA) is 95.0 Å². The molecular weight excluding hydrogens is 384 g/mol. The molecule has 8 heteroatoms. The Bertz CT molecular complexity index is 838. The van der Waals surface area contributed by atoms with E-state index in [-0.39, 0.29) is 12.3 Å². The number of rotatable bonds is 9. The molecule has 2 N–H and O–H groups in total. The monoisotopic (exact) mass is 412 g/mol. The molecular formula is C22H28N4O4. The van der Waals surface area contributed by atoms with Crippen LogP contribution in [0.15, 0.2) is 48.8 Å². The molecule has 1 aliphatic rings. The fraction of sp³-hybridized carbons (Fsp3) is 0.409. The van der Waals surface area contributed by atoms with Crippen molar-refractivity contribution in [3.8, 4) is 5.75 Å². The van der Waals surface area contributed by atoms with Crippen LogP contribution in [0, 0.1) is 5.92 Å².